The van der Waals surface area contributed by atoms with E-state index >= 15 is 0 Å². The molecule has 0 bridgehead atoms. The summed E-state index contributed by atoms with van der Waals surface area (Å²) >= 11 is 1.25. The van der Waals surface area contributed by atoms with Gasteiger partial charge in [-0.05, 0) is 76.3 Å². The minimum atomic E-state index is -0.893. The van der Waals surface area contributed by atoms with Crippen LogP contribution >= 0.6 is 11.8 Å². The molecule has 1 saturated carbocycles. The lowest BCUT2D eigenvalue weighted by Gasteiger charge is -2.27. The van der Waals surface area contributed by atoms with Crippen LogP contribution < -0.4 is 15.0 Å². The lowest BCUT2D eigenvalue weighted by molar-refractivity contribution is -0.120. The highest BCUT2D eigenvalue weighted by molar-refractivity contribution is 7.99. The highest BCUT2D eigenvalue weighted by Gasteiger charge is 2.34. The molecule has 1 heterocycles. The van der Waals surface area contributed by atoms with Crippen molar-refractivity contribution >= 4 is 29.4 Å². The summed E-state index contributed by atoms with van der Waals surface area (Å²) in [7, 11) is 0. The number of carbonyl (C=O) groups is 2. The molecule has 1 aliphatic carbocycles. The molecule has 9 heteroatoms. The van der Waals surface area contributed by atoms with Crippen molar-refractivity contribution in [2.45, 2.75) is 75.6 Å². The highest BCUT2D eigenvalue weighted by atomic mass is 32.2. The van der Waals surface area contributed by atoms with Crippen molar-refractivity contribution in [3.05, 3.63) is 53.3 Å². The second kappa shape index (κ2) is 10.8. The van der Waals surface area contributed by atoms with E-state index in [-0.39, 0.29) is 29.9 Å². The van der Waals surface area contributed by atoms with Gasteiger partial charge in [0.05, 0.1) is 23.9 Å². The smallest absolute Gasteiger partial charge is 0.408 e. The van der Waals surface area contributed by atoms with E-state index in [1.54, 1.807) is 20.8 Å². The van der Waals surface area contributed by atoms with Crippen molar-refractivity contribution in [2.75, 3.05) is 10.7 Å². The van der Waals surface area contributed by atoms with Crippen LogP contribution in [0, 0.1) is 17.1 Å². The predicted molar refractivity (Wildman–Crippen MR) is 136 cm³/mol. The Balaban J connectivity index is 1.59. The van der Waals surface area contributed by atoms with Gasteiger partial charge < -0.3 is 19.7 Å². The van der Waals surface area contributed by atoms with Gasteiger partial charge in [-0.25, -0.2) is 9.18 Å². The Labute approximate surface area is 214 Å². The quantitative estimate of drug-likeness (QED) is 0.566. The summed E-state index contributed by atoms with van der Waals surface area (Å²) in [4.78, 5) is 28.1. The van der Waals surface area contributed by atoms with Crippen LogP contribution in [0.3, 0.4) is 0 Å². The number of nitrogens with zero attached hydrogens (tertiary/aromatic N) is 2. The first-order valence-corrected chi connectivity index (χ1v) is 13.0. The number of rotatable bonds is 5. The first-order chi connectivity index (χ1) is 17.1. The Bertz CT molecular complexity index is 1170. The summed E-state index contributed by atoms with van der Waals surface area (Å²) in [6, 6.07) is 11.2. The van der Waals surface area contributed by atoms with Crippen LogP contribution in [0.5, 0.6) is 5.75 Å². The third kappa shape index (κ3) is 6.30. The van der Waals surface area contributed by atoms with Gasteiger partial charge in [0.25, 0.3) is 5.91 Å². The molecule has 0 aromatic heterocycles. The predicted octanol–water partition coefficient (Wildman–Crippen LogP) is 5.55. The standard InChI is InChI=1S/C27H30FN3O4S/c1-27(2,3)35-26(33)30-22-16-36-24-13-21(28)18(14-29)12-23(24)31(25(22)32)15-17-8-10-20(11-9-17)34-19-6-4-5-7-19/h8-13,19,22H,4-7,15-16H2,1-3H3,(H,30,33)/t22-/m0/s1. The number of fused-ring (bicyclic) bond motifs is 1. The van der Waals surface area contributed by atoms with E-state index in [9.17, 15) is 19.2 Å². The molecule has 1 N–H and O–H groups in total. The summed E-state index contributed by atoms with van der Waals surface area (Å²) < 4.78 is 25.8. The molecule has 2 aromatic rings. The van der Waals surface area contributed by atoms with Crippen molar-refractivity contribution in [2.24, 2.45) is 0 Å². The third-order valence-electron chi connectivity index (χ3n) is 5.99. The van der Waals surface area contributed by atoms with Crippen LogP contribution in [0.25, 0.3) is 0 Å². The lowest BCUT2D eigenvalue weighted by atomic mass is 10.1. The number of thioether (sulfide) groups is 1. The number of hydrogen-bond acceptors (Lipinski definition) is 6. The monoisotopic (exact) mass is 511 g/mol. The number of ether oxygens (including phenoxy) is 2. The second-order valence-corrected chi connectivity index (χ2v) is 11.1. The van der Waals surface area contributed by atoms with Crippen LogP contribution in [-0.2, 0) is 16.1 Å². The number of nitriles is 1. The molecular weight excluding hydrogens is 481 g/mol. The molecule has 1 fully saturated rings. The average molecular weight is 512 g/mol. The van der Waals surface area contributed by atoms with Gasteiger partial charge in [-0.1, -0.05) is 12.1 Å². The Hall–Kier alpha value is -3.25. The average Bonchev–Trinajstić information content (AvgIpc) is 3.29. The minimum absolute atomic E-state index is 0.147. The lowest BCUT2D eigenvalue weighted by Crippen LogP contribution is -2.50. The molecule has 36 heavy (non-hydrogen) atoms. The van der Waals surface area contributed by atoms with Gasteiger partial charge in [0, 0.05) is 10.6 Å². The summed E-state index contributed by atoms with van der Waals surface area (Å²) in [5.41, 5.74) is 0.397. The van der Waals surface area contributed by atoms with Gasteiger partial charge in [0.2, 0.25) is 0 Å². The number of anilines is 1. The van der Waals surface area contributed by atoms with Crippen LogP contribution in [0.2, 0.25) is 0 Å². The van der Waals surface area contributed by atoms with Gasteiger partial charge in [-0.3, -0.25) is 4.79 Å². The second-order valence-electron chi connectivity index (χ2n) is 10.0. The Morgan fingerprint density at radius 1 is 1.22 bits per heavy atom. The molecule has 0 saturated heterocycles. The zero-order valence-corrected chi connectivity index (χ0v) is 21.5. The van der Waals surface area contributed by atoms with Gasteiger partial charge in [-0.2, -0.15) is 5.26 Å². The van der Waals surface area contributed by atoms with E-state index in [2.05, 4.69) is 5.32 Å². The van der Waals surface area contributed by atoms with Crippen LogP contribution in [0.4, 0.5) is 14.9 Å². The molecule has 0 unspecified atom stereocenters. The summed E-state index contributed by atoms with van der Waals surface area (Å²) in [5, 5.41) is 12.0. The van der Waals surface area contributed by atoms with E-state index in [0.717, 1.165) is 24.2 Å². The maximum absolute atomic E-state index is 14.4. The number of carbonyl (C=O) groups excluding carboxylic acids is 2. The highest BCUT2D eigenvalue weighted by Crippen LogP contribution is 2.37. The largest absolute Gasteiger partial charge is 0.490 e. The molecule has 1 atom stereocenters. The van der Waals surface area contributed by atoms with Crippen molar-refractivity contribution in [1.29, 1.82) is 5.26 Å². The Morgan fingerprint density at radius 3 is 2.56 bits per heavy atom. The van der Waals surface area contributed by atoms with Crippen molar-refractivity contribution < 1.29 is 23.5 Å². The zero-order chi connectivity index (χ0) is 25.9. The van der Waals surface area contributed by atoms with E-state index < -0.39 is 23.6 Å². The SMILES string of the molecule is CC(C)(C)OC(=O)N[C@H]1CSc2cc(F)c(C#N)cc2N(Cc2ccc(OC3CCCC3)cc2)C1=O. The zero-order valence-electron chi connectivity index (χ0n) is 20.7. The molecule has 2 amide bonds. The maximum atomic E-state index is 14.4. The number of nitrogens with one attached hydrogen (secondary N) is 1. The van der Waals surface area contributed by atoms with Crippen LogP contribution in [0.15, 0.2) is 41.3 Å². The van der Waals surface area contributed by atoms with Crippen molar-refractivity contribution in [3.63, 3.8) is 0 Å². The molecule has 1 aliphatic heterocycles. The summed E-state index contributed by atoms with van der Waals surface area (Å²) in [6.07, 6.45) is 4.02. The Kier molecular flexibility index (Phi) is 7.74. The Morgan fingerprint density at radius 2 is 1.92 bits per heavy atom. The van der Waals surface area contributed by atoms with Gasteiger partial charge in [-0.15, -0.1) is 11.8 Å². The summed E-state index contributed by atoms with van der Waals surface area (Å²) in [6.45, 7) is 5.40. The normalized spacial score (nSPS) is 18.2. The molecule has 2 aromatic carbocycles. The third-order valence-corrected chi connectivity index (χ3v) is 7.13. The number of alkyl carbamates (subject to hydrolysis) is 1. The van der Waals surface area contributed by atoms with E-state index in [1.165, 1.54) is 41.6 Å². The molecule has 2 aliphatic rings. The molecule has 0 radical (unpaired) electrons. The van der Waals surface area contributed by atoms with Gasteiger partial charge >= 0.3 is 6.09 Å². The fourth-order valence-electron chi connectivity index (χ4n) is 4.28. The number of hydrogen-bond donors (Lipinski definition) is 1. The van der Waals surface area contributed by atoms with Crippen molar-refractivity contribution in [3.8, 4) is 11.8 Å². The molecule has 190 valence electrons. The van der Waals surface area contributed by atoms with Gasteiger partial charge in [0.15, 0.2) is 0 Å². The fourth-order valence-corrected chi connectivity index (χ4v) is 5.35. The van der Waals surface area contributed by atoms with E-state index in [4.69, 9.17) is 9.47 Å². The number of benzene rings is 2. The topological polar surface area (TPSA) is 91.7 Å². The maximum Gasteiger partial charge on any atom is 0.408 e. The molecule has 7 nitrogen and oxygen atoms in total. The molecule has 0 spiro atoms. The van der Waals surface area contributed by atoms with E-state index in [1.807, 2.05) is 30.3 Å². The molecular formula is C27H30FN3O4S. The number of amides is 2. The fraction of sp³-hybridized carbons (Fsp3) is 0.444. The first-order valence-electron chi connectivity index (χ1n) is 12.1. The van der Waals surface area contributed by atoms with E-state index in [0.29, 0.717) is 10.6 Å². The summed E-state index contributed by atoms with van der Waals surface area (Å²) in [5.74, 6) is -0.0414. The van der Waals surface area contributed by atoms with Crippen LogP contribution in [-0.4, -0.2) is 35.5 Å². The van der Waals surface area contributed by atoms with Crippen molar-refractivity contribution in [1.82, 2.24) is 5.32 Å². The number of halogens is 1. The van der Waals surface area contributed by atoms with Gasteiger partial charge in [0.1, 0.15) is 29.3 Å². The first kappa shape index (κ1) is 25.8. The minimum Gasteiger partial charge on any atom is -0.490 e. The van der Waals surface area contributed by atoms with Crippen LogP contribution in [0.1, 0.15) is 57.6 Å². The molecule has 4 rings (SSSR count).